The molecule has 2 aromatic carbocycles. The molecule has 150 valence electrons. The van der Waals surface area contributed by atoms with Gasteiger partial charge in [0, 0.05) is 49.9 Å². The Morgan fingerprint density at radius 3 is 2.31 bits per heavy atom. The Hall–Kier alpha value is -2.73. The van der Waals surface area contributed by atoms with Gasteiger partial charge in [-0.05, 0) is 49.2 Å². The summed E-state index contributed by atoms with van der Waals surface area (Å²) >= 11 is 1.50. The standard InChI is InChI=1S/C23H26N4OS/c1-18-5-3-7-20(15-18)25-11-13-26(14-12-25)22(28)17-29-23-24-9-10-27(23)21-8-4-6-19(2)16-21/h3-10,15-16H,11-14,17H2,1-2H3. The third-order valence-electron chi connectivity index (χ3n) is 5.21. The number of hydrogen-bond acceptors (Lipinski definition) is 4. The number of nitrogens with zero attached hydrogens (tertiary/aromatic N) is 4. The molecule has 0 saturated carbocycles. The summed E-state index contributed by atoms with van der Waals surface area (Å²) in [5.41, 5.74) is 4.78. The van der Waals surface area contributed by atoms with Crippen molar-refractivity contribution in [3.05, 3.63) is 72.1 Å². The van der Waals surface area contributed by atoms with Crippen molar-refractivity contribution < 1.29 is 4.79 Å². The first kappa shape index (κ1) is 19.6. The second kappa shape index (κ2) is 8.74. The van der Waals surface area contributed by atoms with E-state index in [-0.39, 0.29) is 5.91 Å². The van der Waals surface area contributed by atoms with Gasteiger partial charge < -0.3 is 9.80 Å². The summed E-state index contributed by atoms with van der Waals surface area (Å²) in [7, 11) is 0. The SMILES string of the molecule is Cc1cccc(N2CCN(C(=O)CSc3nccn3-c3cccc(C)c3)CC2)c1. The fourth-order valence-electron chi connectivity index (χ4n) is 3.63. The van der Waals surface area contributed by atoms with Crippen LogP contribution in [0.15, 0.2) is 66.1 Å². The van der Waals surface area contributed by atoms with Gasteiger partial charge in [0.15, 0.2) is 5.16 Å². The number of aromatic nitrogens is 2. The molecule has 1 amide bonds. The van der Waals surface area contributed by atoms with Gasteiger partial charge in [0.05, 0.1) is 5.75 Å². The molecular weight excluding hydrogens is 380 g/mol. The second-order valence-corrected chi connectivity index (χ2v) is 8.36. The molecular formula is C23H26N4OS. The third-order valence-corrected chi connectivity index (χ3v) is 6.16. The Labute approximate surface area is 176 Å². The zero-order chi connectivity index (χ0) is 20.2. The van der Waals surface area contributed by atoms with Gasteiger partial charge in [0.1, 0.15) is 0 Å². The maximum atomic E-state index is 12.7. The van der Waals surface area contributed by atoms with E-state index in [0.29, 0.717) is 5.75 Å². The summed E-state index contributed by atoms with van der Waals surface area (Å²) in [6, 6.07) is 16.9. The average molecular weight is 407 g/mol. The van der Waals surface area contributed by atoms with Crippen LogP contribution in [0.5, 0.6) is 0 Å². The average Bonchev–Trinajstić information content (AvgIpc) is 3.21. The van der Waals surface area contributed by atoms with E-state index in [1.807, 2.05) is 21.7 Å². The lowest BCUT2D eigenvalue weighted by atomic mass is 10.2. The lowest BCUT2D eigenvalue weighted by Crippen LogP contribution is -2.49. The minimum absolute atomic E-state index is 0.178. The van der Waals surface area contributed by atoms with Crippen LogP contribution in [0.4, 0.5) is 5.69 Å². The van der Waals surface area contributed by atoms with Gasteiger partial charge in [-0.3, -0.25) is 9.36 Å². The van der Waals surface area contributed by atoms with Gasteiger partial charge in [-0.1, -0.05) is 36.0 Å². The van der Waals surface area contributed by atoms with Crippen molar-refractivity contribution in [1.82, 2.24) is 14.5 Å². The molecule has 1 aromatic heterocycles. The molecule has 0 spiro atoms. The first-order valence-corrected chi connectivity index (χ1v) is 10.9. The van der Waals surface area contributed by atoms with Crippen LogP contribution < -0.4 is 4.90 Å². The number of benzene rings is 2. The lowest BCUT2D eigenvalue weighted by molar-refractivity contribution is -0.128. The zero-order valence-electron chi connectivity index (χ0n) is 16.9. The number of imidazole rings is 1. The minimum Gasteiger partial charge on any atom is -0.368 e. The van der Waals surface area contributed by atoms with Gasteiger partial charge in [0.25, 0.3) is 0 Å². The Morgan fingerprint density at radius 1 is 0.966 bits per heavy atom. The van der Waals surface area contributed by atoms with E-state index >= 15 is 0 Å². The van der Waals surface area contributed by atoms with E-state index in [1.54, 1.807) is 6.20 Å². The van der Waals surface area contributed by atoms with Crippen molar-refractivity contribution in [3.63, 3.8) is 0 Å². The van der Waals surface area contributed by atoms with Crippen molar-refractivity contribution >= 4 is 23.4 Å². The second-order valence-electron chi connectivity index (χ2n) is 7.41. The number of carbonyl (C=O) groups excluding carboxylic acids is 1. The number of thioether (sulfide) groups is 1. The fraction of sp³-hybridized carbons (Fsp3) is 0.304. The highest BCUT2D eigenvalue weighted by atomic mass is 32.2. The first-order valence-electron chi connectivity index (χ1n) is 9.93. The van der Waals surface area contributed by atoms with Crippen LogP contribution in [-0.2, 0) is 4.79 Å². The van der Waals surface area contributed by atoms with Crippen LogP contribution in [0.1, 0.15) is 11.1 Å². The van der Waals surface area contributed by atoms with Gasteiger partial charge >= 0.3 is 0 Å². The Morgan fingerprint density at radius 2 is 1.62 bits per heavy atom. The molecule has 1 fully saturated rings. The molecule has 6 heteroatoms. The number of hydrogen-bond donors (Lipinski definition) is 0. The molecule has 3 aromatic rings. The molecule has 4 rings (SSSR count). The molecule has 5 nitrogen and oxygen atoms in total. The Kier molecular flexibility index (Phi) is 5.90. The first-order chi connectivity index (χ1) is 14.1. The van der Waals surface area contributed by atoms with E-state index in [4.69, 9.17) is 0 Å². The maximum Gasteiger partial charge on any atom is 0.233 e. The molecule has 29 heavy (non-hydrogen) atoms. The molecule has 1 saturated heterocycles. The molecule has 0 unspecified atom stereocenters. The number of amides is 1. The predicted octanol–water partition coefficient (Wildman–Crippen LogP) is 3.93. The van der Waals surface area contributed by atoms with Crippen LogP contribution in [0.25, 0.3) is 5.69 Å². The largest absolute Gasteiger partial charge is 0.368 e. The van der Waals surface area contributed by atoms with Crippen molar-refractivity contribution in [3.8, 4) is 5.69 Å². The molecule has 0 bridgehead atoms. The fourth-order valence-corrected chi connectivity index (χ4v) is 4.50. The highest BCUT2D eigenvalue weighted by molar-refractivity contribution is 7.99. The highest BCUT2D eigenvalue weighted by Crippen LogP contribution is 2.22. The quantitative estimate of drug-likeness (QED) is 0.602. The molecule has 0 radical (unpaired) electrons. The maximum absolute atomic E-state index is 12.7. The van der Waals surface area contributed by atoms with E-state index in [0.717, 1.165) is 37.0 Å². The van der Waals surface area contributed by atoms with Crippen LogP contribution in [0, 0.1) is 13.8 Å². The van der Waals surface area contributed by atoms with E-state index in [1.165, 1.54) is 28.6 Å². The number of anilines is 1. The number of rotatable bonds is 5. The smallest absolute Gasteiger partial charge is 0.233 e. The Bertz CT molecular complexity index is 992. The zero-order valence-corrected chi connectivity index (χ0v) is 17.7. The van der Waals surface area contributed by atoms with Crippen molar-refractivity contribution in [2.45, 2.75) is 19.0 Å². The molecule has 0 atom stereocenters. The summed E-state index contributed by atoms with van der Waals surface area (Å²) in [6.07, 6.45) is 3.73. The van der Waals surface area contributed by atoms with Gasteiger partial charge in [-0.2, -0.15) is 0 Å². The van der Waals surface area contributed by atoms with Crippen LogP contribution in [-0.4, -0.2) is 52.3 Å². The predicted molar refractivity (Wildman–Crippen MR) is 119 cm³/mol. The van der Waals surface area contributed by atoms with E-state index in [9.17, 15) is 4.79 Å². The van der Waals surface area contributed by atoms with Crippen molar-refractivity contribution in [2.75, 3.05) is 36.8 Å². The summed E-state index contributed by atoms with van der Waals surface area (Å²) in [5.74, 6) is 0.588. The Balaban J connectivity index is 1.33. The molecule has 1 aliphatic rings. The lowest BCUT2D eigenvalue weighted by Gasteiger charge is -2.36. The van der Waals surface area contributed by atoms with Crippen molar-refractivity contribution in [1.29, 1.82) is 0 Å². The van der Waals surface area contributed by atoms with Crippen LogP contribution in [0.3, 0.4) is 0 Å². The third kappa shape index (κ3) is 4.65. The number of piperazine rings is 1. The summed E-state index contributed by atoms with van der Waals surface area (Å²) in [6.45, 7) is 7.46. The summed E-state index contributed by atoms with van der Waals surface area (Å²) < 4.78 is 2.04. The van der Waals surface area contributed by atoms with Crippen molar-refractivity contribution in [2.24, 2.45) is 0 Å². The van der Waals surface area contributed by atoms with Crippen LogP contribution >= 0.6 is 11.8 Å². The molecule has 2 heterocycles. The molecule has 0 aliphatic carbocycles. The van der Waals surface area contributed by atoms with E-state index in [2.05, 4.69) is 66.2 Å². The van der Waals surface area contributed by atoms with Gasteiger partial charge in [-0.25, -0.2) is 4.98 Å². The summed E-state index contributed by atoms with van der Waals surface area (Å²) in [5, 5.41) is 0.849. The molecule has 0 N–H and O–H groups in total. The van der Waals surface area contributed by atoms with E-state index < -0.39 is 0 Å². The number of carbonyl (C=O) groups is 1. The van der Waals surface area contributed by atoms with Gasteiger partial charge in [-0.15, -0.1) is 0 Å². The minimum atomic E-state index is 0.178. The monoisotopic (exact) mass is 406 g/mol. The normalized spacial score (nSPS) is 14.3. The van der Waals surface area contributed by atoms with Crippen LogP contribution in [0.2, 0.25) is 0 Å². The topological polar surface area (TPSA) is 41.4 Å². The number of aryl methyl sites for hydroxylation is 2. The highest BCUT2D eigenvalue weighted by Gasteiger charge is 2.22. The molecule has 1 aliphatic heterocycles. The van der Waals surface area contributed by atoms with Gasteiger partial charge in [0.2, 0.25) is 5.91 Å². The summed E-state index contributed by atoms with van der Waals surface area (Å²) in [4.78, 5) is 21.5.